The van der Waals surface area contributed by atoms with Crippen molar-refractivity contribution in [1.82, 2.24) is 24.6 Å². The van der Waals surface area contributed by atoms with Gasteiger partial charge in [0.2, 0.25) is 0 Å². The number of nitrogens with one attached hydrogen (secondary N) is 1. The van der Waals surface area contributed by atoms with Crippen molar-refractivity contribution in [2.75, 3.05) is 13.1 Å². The molecule has 0 saturated carbocycles. The molecule has 10 heteroatoms. The van der Waals surface area contributed by atoms with Gasteiger partial charge in [0.25, 0.3) is 5.91 Å². The van der Waals surface area contributed by atoms with Gasteiger partial charge in [-0.25, -0.2) is 14.1 Å². The largest absolute Gasteiger partial charge is 0.434 e. The van der Waals surface area contributed by atoms with E-state index >= 15 is 0 Å². The molecule has 33 heavy (non-hydrogen) atoms. The molecular formula is C23H19F4N5O. The predicted molar refractivity (Wildman–Crippen MR) is 112 cm³/mol. The predicted octanol–water partition coefficient (Wildman–Crippen LogP) is 4.93. The van der Waals surface area contributed by atoms with E-state index in [1.165, 1.54) is 23.1 Å². The Hall–Kier alpha value is -3.69. The minimum Gasteiger partial charge on any atom is -0.342 e. The van der Waals surface area contributed by atoms with Gasteiger partial charge in [0.15, 0.2) is 5.69 Å². The van der Waals surface area contributed by atoms with E-state index in [1.807, 2.05) is 24.3 Å². The van der Waals surface area contributed by atoms with E-state index in [0.717, 1.165) is 29.7 Å². The number of para-hydroxylation sites is 3. The van der Waals surface area contributed by atoms with Gasteiger partial charge in [0.05, 0.1) is 22.8 Å². The number of H-pyrrole nitrogens is 1. The van der Waals surface area contributed by atoms with Crippen molar-refractivity contribution in [3.63, 3.8) is 0 Å². The van der Waals surface area contributed by atoms with Gasteiger partial charge in [-0.1, -0.05) is 24.3 Å². The van der Waals surface area contributed by atoms with Crippen LogP contribution in [0.2, 0.25) is 0 Å². The highest BCUT2D eigenvalue weighted by atomic mass is 19.4. The number of hydrogen-bond donors (Lipinski definition) is 1. The van der Waals surface area contributed by atoms with Crippen LogP contribution in [-0.4, -0.2) is 43.6 Å². The van der Waals surface area contributed by atoms with Crippen LogP contribution in [0.3, 0.4) is 0 Å². The van der Waals surface area contributed by atoms with Crippen molar-refractivity contribution >= 4 is 16.9 Å². The summed E-state index contributed by atoms with van der Waals surface area (Å²) in [6, 6.07) is 12.5. The van der Waals surface area contributed by atoms with Gasteiger partial charge in [-0.15, -0.1) is 0 Å². The number of piperidine rings is 1. The van der Waals surface area contributed by atoms with Crippen molar-refractivity contribution in [2.45, 2.75) is 24.9 Å². The van der Waals surface area contributed by atoms with Gasteiger partial charge in [-0.2, -0.15) is 18.3 Å². The van der Waals surface area contributed by atoms with E-state index in [9.17, 15) is 22.4 Å². The molecule has 170 valence electrons. The van der Waals surface area contributed by atoms with Gasteiger partial charge in [0.1, 0.15) is 17.3 Å². The zero-order valence-electron chi connectivity index (χ0n) is 17.3. The van der Waals surface area contributed by atoms with Gasteiger partial charge in [-0.3, -0.25) is 4.79 Å². The zero-order valence-corrected chi connectivity index (χ0v) is 17.3. The number of carbonyl (C=O) groups excluding carboxylic acids is 1. The van der Waals surface area contributed by atoms with Crippen LogP contribution in [0.25, 0.3) is 16.7 Å². The summed E-state index contributed by atoms with van der Waals surface area (Å²) in [4.78, 5) is 22.4. The fourth-order valence-corrected chi connectivity index (χ4v) is 4.30. The Kier molecular flexibility index (Phi) is 5.15. The van der Waals surface area contributed by atoms with Crippen LogP contribution in [0.1, 0.15) is 40.6 Å². The van der Waals surface area contributed by atoms with Gasteiger partial charge >= 0.3 is 6.18 Å². The van der Waals surface area contributed by atoms with E-state index in [2.05, 4.69) is 15.1 Å². The highest BCUT2D eigenvalue weighted by Gasteiger charge is 2.42. The molecule has 1 saturated heterocycles. The molecule has 4 aromatic rings. The number of amides is 1. The standard InChI is InChI=1S/C23H19F4N5O/c24-16-7-1-4-10-19(16)32-20(23(25,26)27)15(12-28-32)22(33)31-11-5-6-14(13-31)21-29-17-8-2-3-9-18(17)30-21/h1-4,7-10,12,14H,5-6,11,13H2,(H,29,30). The Morgan fingerprint density at radius 1 is 1.09 bits per heavy atom. The lowest BCUT2D eigenvalue weighted by atomic mass is 9.96. The van der Waals surface area contributed by atoms with Crippen LogP contribution in [0, 0.1) is 5.82 Å². The molecule has 1 N–H and O–H groups in total. The van der Waals surface area contributed by atoms with Crippen LogP contribution < -0.4 is 0 Å². The summed E-state index contributed by atoms with van der Waals surface area (Å²) in [5.41, 5.74) is -0.606. The topological polar surface area (TPSA) is 66.8 Å². The minimum absolute atomic E-state index is 0.133. The quantitative estimate of drug-likeness (QED) is 0.444. The highest BCUT2D eigenvalue weighted by Crippen LogP contribution is 2.36. The molecule has 1 aliphatic rings. The molecule has 2 aromatic carbocycles. The van der Waals surface area contributed by atoms with Crippen LogP contribution in [0.15, 0.2) is 54.7 Å². The second kappa shape index (κ2) is 8.02. The number of benzene rings is 2. The Labute approximate surface area is 185 Å². The number of aromatic amines is 1. The lowest BCUT2D eigenvalue weighted by molar-refractivity contribution is -0.143. The van der Waals surface area contributed by atoms with Crippen LogP contribution in [0.4, 0.5) is 17.6 Å². The zero-order chi connectivity index (χ0) is 23.2. The summed E-state index contributed by atoms with van der Waals surface area (Å²) in [5, 5.41) is 3.73. The molecule has 1 unspecified atom stereocenters. The second-order valence-corrected chi connectivity index (χ2v) is 8.00. The van der Waals surface area contributed by atoms with Crippen molar-refractivity contribution in [2.24, 2.45) is 0 Å². The second-order valence-electron chi connectivity index (χ2n) is 8.00. The summed E-state index contributed by atoms with van der Waals surface area (Å²) >= 11 is 0. The molecule has 3 heterocycles. The number of alkyl halides is 3. The lowest BCUT2D eigenvalue weighted by Gasteiger charge is -2.32. The van der Waals surface area contributed by atoms with Crippen LogP contribution in [0.5, 0.6) is 0 Å². The van der Waals surface area contributed by atoms with Gasteiger partial charge in [0, 0.05) is 19.0 Å². The molecule has 0 spiro atoms. The first kappa shape index (κ1) is 21.2. The number of carbonyl (C=O) groups is 1. The molecule has 1 aliphatic heterocycles. The lowest BCUT2D eigenvalue weighted by Crippen LogP contribution is -2.40. The van der Waals surface area contributed by atoms with E-state index < -0.39 is 29.2 Å². The van der Waals surface area contributed by atoms with E-state index in [-0.39, 0.29) is 18.2 Å². The number of rotatable bonds is 3. The molecule has 6 nitrogen and oxygen atoms in total. The molecule has 5 rings (SSSR count). The number of imidazole rings is 1. The Bertz CT molecular complexity index is 1290. The summed E-state index contributed by atoms with van der Waals surface area (Å²) in [5.74, 6) is -1.09. The number of fused-ring (bicyclic) bond motifs is 1. The summed E-state index contributed by atoms with van der Waals surface area (Å²) in [6.45, 7) is 0.540. The van der Waals surface area contributed by atoms with Crippen LogP contribution >= 0.6 is 0 Å². The fraction of sp³-hybridized carbons (Fsp3) is 0.261. The minimum atomic E-state index is -4.91. The third kappa shape index (κ3) is 3.85. The number of nitrogens with zero attached hydrogens (tertiary/aromatic N) is 4. The average molecular weight is 457 g/mol. The summed E-state index contributed by atoms with van der Waals surface area (Å²) < 4.78 is 56.6. The first-order valence-electron chi connectivity index (χ1n) is 10.5. The Morgan fingerprint density at radius 2 is 1.85 bits per heavy atom. The first-order valence-corrected chi connectivity index (χ1v) is 10.5. The monoisotopic (exact) mass is 457 g/mol. The van der Waals surface area contributed by atoms with Crippen molar-refractivity contribution in [1.29, 1.82) is 0 Å². The average Bonchev–Trinajstić information content (AvgIpc) is 3.44. The van der Waals surface area contributed by atoms with E-state index in [1.54, 1.807) is 0 Å². The molecule has 1 fully saturated rings. The highest BCUT2D eigenvalue weighted by molar-refractivity contribution is 5.95. The van der Waals surface area contributed by atoms with Gasteiger partial charge in [-0.05, 0) is 37.1 Å². The molecule has 1 amide bonds. The van der Waals surface area contributed by atoms with Crippen molar-refractivity contribution in [3.8, 4) is 5.69 Å². The molecule has 1 atom stereocenters. The third-order valence-electron chi connectivity index (χ3n) is 5.85. The summed E-state index contributed by atoms with van der Waals surface area (Å²) in [6.07, 6.45) is -2.67. The van der Waals surface area contributed by atoms with E-state index in [0.29, 0.717) is 23.5 Å². The molecule has 0 aliphatic carbocycles. The van der Waals surface area contributed by atoms with Crippen molar-refractivity contribution < 1.29 is 22.4 Å². The van der Waals surface area contributed by atoms with Crippen LogP contribution in [-0.2, 0) is 6.18 Å². The van der Waals surface area contributed by atoms with Crippen molar-refractivity contribution in [3.05, 3.63) is 77.6 Å². The Balaban J connectivity index is 1.47. The number of hydrogen-bond acceptors (Lipinski definition) is 3. The molecular weight excluding hydrogens is 438 g/mol. The van der Waals surface area contributed by atoms with E-state index in [4.69, 9.17) is 0 Å². The fourth-order valence-electron chi connectivity index (χ4n) is 4.30. The number of halogens is 4. The third-order valence-corrected chi connectivity index (χ3v) is 5.85. The number of aromatic nitrogens is 4. The van der Waals surface area contributed by atoms with Gasteiger partial charge < -0.3 is 9.88 Å². The smallest absolute Gasteiger partial charge is 0.342 e. The molecule has 2 aromatic heterocycles. The maximum Gasteiger partial charge on any atom is 0.434 e. The normalized spacial score (nSPS) is 17.0. The Morgan fingerprint density at radius 3 is 2.61 bits per heavy atom. The summed E-state index contributed by atoms with van der Waals surface area (Å²) in [7, 11) is 0. The number of likely N-dealkylation sites (tertiary alicyclic amines) is 1. The molecule has 0 radical (unpaired) electrons. The first-order chi connectivity index (χ1) is 15.8. The molecule has 0 bridgehead atoms. The SMILES string of the molecule is O=C(c1cnn(-c2ccccc2F)c1C(F)(F)F)N1CCCC(c2nc3ccccc3[nH]2)C1. The maximum atomic E-state index is 14.2. The maximum absolute atomic E-state index is 14.2.